The van der Waals surface area contributed by atoms with Crippen molar-refractivity contribution >= 4 is 30.9 Å². The summed E-state index contributed by atoms with van der Waals surface area (Å²) in [6, 6.07) is 0.0938. The number of rotatable bonds is 8. The molecule has 3 unspecified atom stereocenters. The van der Waals surface area contributed by atoms with Gasteiger partial charge in [0.2, 0.25) is 18.7 Å². The Morgan fingerprint density at radius 2 is 1.78 bits per heavy atom. The highest BCUT2D eigenvalue weighted by molar-refractivity contribution is 5.92. The average Bonchev–Trinajstić information content (AvgIpc) is 3.42. The summed E-state index contributed by atoms with van der Waals surface area (Å²) in [5.74, 6) is 1.51. The predicted molar refractivity (Wildman–Crippen MR) is 161 cm³/mol. The summed E-state index contributed by atoms with van der Waals surface area (Å²) in [4.78, 5) is 61.0. The van der Waals surface area contributed by atoms with Crippen LogP contribution in [0.3, 0.4) is 0 Å². The molecule has 4 N–H and O–H groups in total. The maximum Gasteiger partial charge on any atom is 0.271 e. The molecule has 4 amide bonds. The van der Waals surface area contributed by atoms with Crippen LogP contribution in [0, 0.1) is 23.2 Å². The highest BCUT2D eigenvalue weighted by atomic mass is 16.2. The Morgan fingerprint density at radius 3 is 2.12 bits per heavy atom. The number of nitrogens with one attached hydrogen (secondary N) is 4. The topological polar surface area (TPSA) is 162 Å². The number of aldehydes is 1. The van der Waals surface area contributed by atoms with Gasteiger partial charge < -0.3 is 31.0 Å². The van der Waals surface area contributed by atoms with E-state index in [9.17, 15) is 19.2 Å². The maximum absolute atomic E-state index is 11.1. The Kier molecular flexibility index (Phi) is 22.6. The first kappa shape index (κ1) is 39.7. The third-order valence-electron chi connectivity index (χ3n) is 6.01. The zero-order valence-corrected chi connectivity index (χ0v) is 26.4. The van der Waals surface area contributed by atoms with Gasteiger partial charge in [-0.25, -0.2) is 4.98 Å². The Balaban J connectivity index is 0. The number of amides is 4. The van der Waals surface area contributed by atoms with Gasteiger partial charge in [-0.3, -0.25) is 24.2 Å². The lowest BCUT2D eigenvalue weighted by Gasteiger charge is -2.21. The Labute approximate surface area is 246 Å². The molecular formula is C29H53N7O5. The van der Waals surface area contributed by atoms with Crippen molar-refractivity contribution in [2.75, 3.05) is 40.3 Å². The monoisotopic (exact) mass is 579 g/mol. The molecule has 0 spiro atoms. The van der Waals surface area contributed by atoms with Gasteiger partial charge in [0, 0.05) is 51.0 Å². The maximum atomic E-state index is 11.1. The van der Waals surface area contributed by atoms with Gasteiger partial charge in [0.15, 0.2) is 0 Å². The Hall–Kier alpha value is -3.41. The standard InChI is InChI=1S/C8H14N2O2.C8H17N.C7H7N3O2.C4H10.C2H5NO/c1-6(10-5-11)4-7-2-3-9-8(7)12;1-7-5-9(4)6-8(7,2)3;11-4-3-10-7(12)6-5-8-1-2-9-6;1-4(2)3;1-3-2-4/h5-7H,2-4H2,1H3,(H,9,12)(H,10,11);7H,5-6H2,1-4H3;1-2,4-5H,3H2,(H,10,12);4H,1-3H3;2H,1H3,(H,3,4). The van der Waals surface area contributed by atoms with Gasteiger partial charge in [-0.05, 0) is 44.1 Å². The summed E-state index contributed by atoms with van der Waals surface area (Å²) in [5, 5.41) is 9.98. The van der Waals surface area contributed by atoms with Crippen molar-refractivity contribution in [3.8, 4) is 0 Å². The largest absolute Gasteiger partial charge is 0.362 e. The van der Waals surface area contributed by atoms with Crippen LogP contribution in [0.4, 0.5) is 0 Å². The molecule has 1 aromatic rings. The van der Waals surface area contributed by atoms with Gasteiger partial charge in [-0.1, -0.05) is 41.5 Å². The number of likely N-dealkylation sites (tertiary alicyclic amines) is 1. The molecule has 0 saturated carbocycles. The molecule has 3 rings (SSSR count). The number of aromatic nitrogens is 2. The fourth-order valence-corrected chi connectivity index (χ4v) is 3.75. The van der Waals surface area contributed by atoms with Gasteiger partial charge in [0.1, 0.15) is 12.0 Å². The lowest BCUT2D eigenvalue weighted by molar-refractivity contribution is -0.123. The Morgan fingerprint density at radius 1 is 1.17 bits per heavy atom. The third-order valence-corrected chi connectivity index (χ3v) is 6.01. The molecule has 0 aliphatic carbocycles. The van der Waals surface area contributed by atoms with Crippen molar-refractivity contribution in [2.24, 2.45) is 23.2 Å². The summed E-state index contributed by atoms with van der Waals surface area (Å²) in [6.45, 7) is 18.7. The highest BCUT2D eigenvalue weighted by Crippen LogP contribution is 2.33. The SMILES string of the molecule is CC(C)C.CC(CC1CCNC1=O)NC=O.CC1CN(C)CC1(C)C.CNC=O.O=CCNC(=O)c1cnccn1. The lowest BCUT2D eigenvalue weighted by Crippen LogP contribution is -2.29. The second-order valence-electron chi connectivity index (χ2n) is 11.4. The molecule has 2 fully saturated rings. The van der Waals surface area contributed by atoms with Crippen LogP contribution >= 0.6 is 0 Å². The molecule has 3 heterocycles. The number of carbonyl (C=O) groups excluding carboxylic acids is 5. The summed E-state index contributed by atoms with van der Waals surface area (Å²) in [5.41, 5.74) is 0.758. The lowest BCUT2D eigenvalue weighted by atomic mass is 9.84. The van der Waals surface area contributed by atoms with E-state index in [1.807, 2.05) is 6.92 Å². The van der Waals surface area contributed by atoms with Crippen LogP contribution in [0.15, 0.2) is 18.6 Å². The quantitative estimate of drug-likeness (QED) is 0.338. The van der Waals surface area contributed by atoms with Gasteiger partial charge in [0.05, 0.1) is 12.7 Å². The van der Waals surface area contributed by atoms with E-state index in [-0.39, 0.29) is 30.1 Å². The van der Waals surface area contributed by atoms with E-state index in [1.165, 1.54) is 31.7 Å². The fraction of sp³-hybridized carbons (Fsp3) is 0.690. The summed E-state index contributed by atoms with van der Waals surface area (Å²) in [7, 11) is 3.76. The minimum Gasteiger partial charge on any atom is -0.362 e. The first-order valence-corrected chi connectivity index (χ1v) is 14.0. The molecule has 2 aliphatic rings. The van der Waals surface area contributed by atoms with Crippen LogP contribution in [0.1, 0.15) is 71.8 Å². The Bertz CT molecular complexity index is 866. The molecule has 234 valence electrons. The van der Waals surface area contributed by atoms with Crippen molar-refractivity contribution in [3.63, 3.8) is 0 Å². The van der Waals surface area contributed by atoms with Crippen LogP contribution in [-0.2, 0) is 19.2 Å². The molecule has 0 radical (unpaired) electrons. The van der Waals surface area contributed by atoms with E-state index in [0.29, 0.717) is 24.5 Å². The smallest absolute Gasteiger partial charge is 0.271 e. The predicted octanol–water partition coefficient (Wildman–Crippen LogP) is 1.67. The average molecular weight is 580 g/mol. The van der Waals surface area contributed by atoms with Crippen molar-refractivity contribution < 1.29 is 24.0 Å². The van der Waals surface area contributed by atoms with Crippen LogP contribution in [0.25, 0.3) is 0 Å². The second kappa shape index (κ2) is 23.3. The molecule has 0 aromatic carbocycles. The molecule has 2 saturated heterocycles. The van der Waals surface area contributed by atoms with Gasteiger partial charge in [-0.2, -0.15) is 0 Å². The summed E-state index contributed by atoms with van der Waals surface area (Å²) < 4.78 is 0. The summed E-state index contributed by atoms with van der Waals surface area (Å²) >= 11 is 0. The van der Waals surface area contributed by atoms with Crippen LogP contribution < -0.4 is 21.3 Å². The number of carbonyl (C=O) groups is 5. The zero-order valence-electron chi connectivity index (χ0n) is 26.4. The van der Waals surface area contributed by atoms with E-state index >= 15 is 0 Å². The molecule has 1 aromatic heterocycles. The van der Waals surface area contributed by atoms with E-state index in [2.05, 4.69) is 84.7 Å². The molecule has 0 bridgehead atoms. The first-order chi connectivity index (χ1) is 19.2. The van der Waals surface area contributed by atoms with E-state index in [4.69, 9.17) is 4.79 Å². The number of nitrogens with zero attached hydrogens (tertiary/aromatic N) is 3. The number of hydrogen-bond acceptors (Lipinski definition) is 8. The van der Waals surface area contributed by atoms with Crippen molar-refractivity contribution in [1.29, 1.82) is 0 Å². The zero-order chi connectivity index (χ0) is 31.8. The first-order valence-electron chi connectivity index (χ1n) is 14.0. The van der Waals surface area contributed by atoms with Crippen LogP contribution in [0.2, 0.25) is 0 Å². The van der Waals surface area contributed by atoms with Crippen molar-refractivity contribution in [2.45, 2.75) is 67.3 Å². The fourth-order valence-electron chi connectivity index (χ4n) is 3.75. The molecule has 12 nitrogen and oxygen atoms in total. The van der Waals surface area contributed by atoms with Gasteiger partial charge in [0.25, 0.3) is 5.91 Å². The van der Waals surface area contributed by atoms with Crippen LogP contribution in [-0.4, -0.2) is 92.1 Å². The summed E-state index contributed by atoms with van der Waals surface area (Å²) in [6.07, 6.45) is 7.76. The number of hydrogen-bond donors (Lipinski definition) is 4. The van der Waals surface area contributed by atoms with Crippen LogP contribution in [0.5, 0.6) is 0 Å². The van der Waals surface area contributed by atoms with Gasteiger partial charge in [-0.15, -0.1) is 0 Å². The minimum absolute atomic E-state index is 0.00456. The molecule has 41 heavy (non-hydrogen) atoms. The third kappa shape index (κ3) is 21.1. The van der Waals surface area contributed by atoms with Crippen molar-refractivity contribution in [3.05, 3.63) is 24.3 Å². The molecule has 3 atom stereocenters. The minimum atomic E-state index is -0.393. The molecule has 12 heteroatoms. The second-order valence-corrected chi connectivity index (χ2v) is 11.4. The molecular weight excluding hydrogens is 526 g/mol. The van der Waals surface area contributed by atoms with Gasteiger partial charge >= 0.3 is 0 Å². The molecule has 2 aliphatic heterocycles. The highest BCUT2D eigenvalue weighted by Gasteiger charge is 2.33. The van der Waals surface area contributed by atoms with E-state index < -0.39 is 5.91 Å². The van der Waals surface area contributed by atoms with Crippen molar-refractivity contribution in [1.82, 2.24) is 36.1 Å². The van der Waals surface area contributed by atoms with E-state index in [1.54, 1.807) is 7.05 Å². The normalized spacial score (nSPS) is 19.0. The van der Waals surface area contributed by atoms with E-state index in [0.717, 1.165) is 31.2 Å².